The zero-order valence-corrected chi connectivity index (χ0v) is 15.7. The van der Waals surface area contributed by atoms with Crippen molar-refractivity contribution in [2.24, 2.45) is 0 Å². The van der Waals surface area contributed by atoms with E-state index in [1.54, 1.807) is 4.90 Å². The number of morpholine rings is 1. The van der Waals surface area contributed by atoms with Crippen molar-refractivity contribution in [1.82, 2.24) is 24.8 Å². The molecule has 4 rings (SSSR count). The summed E-state index contributed by atoms with van der Waals surface area (Å²) in [7, 11) is 0. The quantitative estimate of drug-likeness (QED) is 0.853. The van der Waals surface area contributed by atoms with E-state index in [1.807, 2.05) is 39.9 Å². The van der Waals surface area contributed by atoms with E-state index in [0.29, 0.717) is 58.8 Å². The summed E-state index contributed by atoms with van der Waals surface area (Å²) < 4.78 is 7.12. The van der Waals surface area contributed by atoms with Gasteiger partial charge in [-0.2, -0.15) is 0 Å². The SMILES string of the molecule is O=C(CCc1nnn2c1CN(C(=O)Nc1ccccc1)CC2)N1CCOCC1. The van der Waals surface area contributed by atoms with Gasteiger partial charge >= 0.3 is 6.03 Å². The fourth-order valence-corrected chi connectivity index (χ4v) is 3.48. The molecule has 2 aromatic rings. The minimum absolute atomic E-state index is 0.111. The van der Waals surface area contributed by atoms with Crippen molar-refractivity contribution < 1.29 is 14.3 Å². The number of urea groups is 1. The molecule has 0 spiro atoms. The van der Waals surface area contributed by atoms with E-state index >= 15 is 0 Å². The fraction of sp³-hybridized carbons (Fsp3) is 0.474. The molecule has 0 bridgehead atoms. The number of nitrogens with one attached hydrogen (secondary N) is 1. The number of carbonyl (C=O) groups excluding carboxylic acids is 2. The normalized spacial score (nSPS) is 16.6. The number of fused-ring (bicyclic) bond motifs is 1. The largest absolute Gasteiger partial charge is 0.378 e. The fourth-order valence-electron chi connectivity index (χ4n) is 3.48. The Morgan fingerprint density at radius 1 is 1.04 bits per heavy atom. The standard InChI is InChI=1S/C19H24N6O3/c26-18(23-10-12-28-13-11-23)7-6-16-17-14-24(8-9-25(17)22-21-16)19(27)20-15-4-2-1-3-5-15/h1-5H,6-14H2,(H,20,27). The number of benzene rings is 1. The first kappa shape index (κ1) is 18.4. The molecule has 1 aromatic heterocycles. The lowest BCUT2D eigenvalue weighted by Crippen LogP contribution is -2.41. The first-order valence-corrected chi connectivity index (χ1v) is 9.58. The van der Waals surface area contributed by atoms with Crippen molar-refractivity contribution >= 4 is 17.6 Å². The molecule has 1 saturated heterocycles. The third-order valence-electron chi connectivity index (χ3n) is 5.09. The number of amides is 3. The topological polar surface area (TPSA) is 92.6 Å². The van der Waals surface area contributed by atoms with E-state index in [4.69, 9.17) is 4.74 Å². The molecular weight excluding hydrogens is 360 g/mol. The molecular formula is C19H24N6O3. The van der Waals surface area contributed by atoms with E-state index in [0.717, 1.165) is 17.1 Å². The predicted molar refractivity (Wildman–Crippen MR) is 102 cm³/mol. The molecule has 2 aliphatic rings. The van der Waals surface area contributed by atoms with Crippen LogP contribution in [0.15, 0.2) is 30.3 Å². The van der Waals surface area contributed by atoms with Gasteiger partial charge in [0.2, 0.25) is 5.91 Å². The number of anilines is 1. The van der Waals surface area contributed by atoms with Crippen LogP contribution < -0.4 is 5.32 Å². The summed E-state index contributed by atoms with van der Waals surface area (Å²) in [5.41, 5.74) is 2.46. The number of para-hydroxylation sites is 1. The van der Waals surface area contributed by atoms with E-state index in [9.17, 15) is 9.59 Å². The summed E-state index contributed by atoms with van der Waals surface area (Å²) in [6.45, 7) is 4.09. The summed E-state index contributed by atoms with van der Waals surface area (Å²) in [4.78, 5) is 28.5. The van der Waals surface area contributed by atoms with Gasteiger partial charge in [0.25, 0.3) is 0 Å². The molecule has 2 aliphatic heterocycles. The molecule has 0 atom stereocenters. The maximum Gasteiger partial charge on any atom is 0.322 e. The minimum atomic E-state index is -0.144. The summed E-state index contributed by atoms with van der Waals surface area (Å²) in [5, 5.41) is 11.4. The Kier molecular flexibility index (Phi) is 5.52. The van der Waals surface area contributed by atoms with Gasteiger partial charge in [0.15, 0.2) is 0 Å². The number of hydrogen-bond donors (Lipinski definition) is 1. The van der Waals surface area contributed by atoms with Gasteiger partial charge in [0.1, 0.15) is 0 Å². The van der Waals surface area contributed by atoms with Crippen LogP contribution in [0.25, 0.3) is 0 Å². The average Bonchev–Trinajstić information content (AvgIpc) is 3.15. The van der Waals surface area contributed by atoms with Crippen LogP contribution in [0.5, 0.6) is 0 Å². The highest BCUT2D eigenvalue weighted by Gasteiger charge is 2.26. The van der Waals surface area contributed by atoms with E-state index in [2.05, 4.69) is 15.6 Å². The third kappa shape index (κ3) is 4.14. The maximum atomic E-state index is 12.6. The highest BCUT2D eigenvalue weighted by molar-refractivity contribution is 5.89. The molecule has 3 amide bonds. The number of carbonyl (C=O) groups is 2. The van der Waals surface area contributed by atoms with Crippen LogP contribution in [0.3, 0.4) is 0 Å². The molecule has 3 heterocycles. The summed E-state index contributed by atoms with van der Waals surface area (Å²) in [6, 6.07) is 9.25. The predicted octanol–water partition coefficient (Wildman–Crippen LogP) is 1.12. The molecule has 9 nitrogen and oxygen atoms in total. The molecule has 1 fully saturated rings. The lowest BCUT2D eigenvalue weighted by atomic mass is 10.1. The van der Waals surface area contributed by atoms with Gasteiger partial charge < -0.3 is 19.9 Å². The van der Waals surface area contributed by atoms with Crippen LogP contribution >= 0.6 is 0 Å². The Morgan fingerprint density at radius 2 is 1.82 bits per heavy atom. The van der Waals surface area contributed by atoms with Crippen molar-refractivity contribution in [2.75, 3.05) is 38.2 Å². The van der Waals surface area contributed by atoms with Crippen LogP contribution in [-0.2, 0) is 29.0 Å². The smallest absolute Gasteiger partial charge is 0.322 e. The number of nitrogens with zero attached hydrogens (tertiary/aromatic N) is 5. The Labute approximate surface area is 163 Å². The van der Waals surface area contributed by atoms with Gasteiger partial charge in [-0.05, 0) is 12.1 Å². The lowest BCUT2D eigenvalue weighted by molar-refractivity contribution is -0.135. The Morgan fingerprint density at radius 3 is 2.61 bits per heavy atom. The first-order valence-electron chi connectivity index (χ1n) is 9.58. The molecule has 1 N–H and O–H groups in total. The van der Waals surface area contributed by atoms with Gasteiger partial charge in [-0.15, -0.1) is 5.10 Å². The maximum absolute atomic E-state index is 12.6. The number of aromatic nitrogens is 3. The lowest BCUT2D eigenvalue weighted by Gasteiger charge is -2.28. The van der Waals surface area contributed by atoms with E-state index < -0.39 is 0 Å². The highest BCUT2D eigenvalue weighted by Crippen LogP contribution is 2.18. The number of rotatable bonds is 4. The Bertz CT molecular complexity index is 831. The zero-order valence-electron chi connectivity index (χ0n) is 15.7. The Balaban J connectivity index is 1.36. The molecule has 9 heteroatoms. The van der Waals surface area contributed by atoms with Crippen molar-refractivity contribution in [3.63, 3.8) is 0 Å². The Hall–Kier alpha value is -2.94. The van der Waals surface area contributed by atoms with Crippen molar-refractivity contribution in [3.8, 4) is 0 Å². The third-order valence-corrected chi connectivity index (χ3v) is 5.09. The highest BCUT2D eigenvalue weighted by atomic mass is 16.5. The second-order valence-electron chi connectivity index (χ2n) is 6.92. The molecule has 0 radical (unpaired) electrons. The van der Waals surface area contributed by atoms with Crippen molar-refractivity contribution in [1.29, 1.82) is 0 Å². The van der Waals surface area contributed by atoms with Gasteiger partial charge in [0, 0.05) is 38.2 Å². The molecule has 0 aliphatic carbocycles. The molecule has 148 valence electrons. The van der Waals surface area contributed by atoms with Crippen molar-refractivity contribution in [2.45, 2.75) is 25.9 Å². The second kappa shape index (κ2) is 8.39. The molecule has 0 unspecified atom stereocenters. The van der Waals surface area contributed by atoms with Crippen LogP contribution in [0.2, 0.25) is 0 Å². The van der Waals surface area contributed by atoms with E-state index in [-0.39, 0.29) is 11.9 Å². The van der Waals surface area contributed by atoms with Crippen LogP contribution in [0.4, 0.5) is 10.5 Å². The minimum Gasteiger partial charge on any atom is -0.378 e. The summed E-state index contributed by atoms with van der Waals surface area (Å²) in [6.07, 6.45) is 0.918. The monoisotopic (exact) mass is 384 g/mol. The van der Waals surface area contributed by atoms with Gasteiger partial charge in [-0.1, -0.05) is 23.4 Å². The summed E-state index contributed by atoms with van der Waals surface area (Å²) in [5.74, 6) is 0.111. The van der Waals surface area contributed by atoms with E-state index in [1.165, 1.54) is 0 Å². The number of aryl methyl sites for hydroxylation is 1. The number of ether oxygens (including phenoxy) is 1. The first-order chi connectivity index (χ1) is 13.7. The zero-order chi connectivity index (χ0) is 19.3. The molecule has 1 aromatic carbocycles. The molecule has 0 saturated carbocycles. The van der Waals surface area contributed by atoms with Gasteiger partial charge in [-0.25, -0.2) is 9.48 Å². The van der Waals surface area contributed by atoms with Crippen molar-refractivity contribution in [3.05, 3.63) is 41.7 Å². The average molecular weight is 384 g/mol. The molecule has 28 heavy (non-hydrogen) atoms. The van der Waals surface area contributed by atoms with Gasteiger partial charge in [-0.3, -0.25) is 4.79 Å². The van der Waals surface area contributed by atoms with Gasteiger partial charge in [0.05, 0.1) is 37.7 Å². The van der Waals surface area contributed by atoms with Crippen LogP contribution in [0, 0.1) is 0 Å². The summed E-state index contributed by atoms with van der Waals surface area (Å²) >= 11 is 0. The van der Waals surface area contributed by atoms with Crippen LogP contribution in [-0.4, -0.2) is 69.6 Å². The van der Waals surface area contributed by atoms with Crippen LogP contribution in [0.1, 0.15) is 17.8 Å². The second-order valence-corrected chi connectivity index (χ2v) is 6.92. The number of hydrogen-bond acceptors (Lipinski definition) is 5.